The molecular formula is C11H12BrNO2. The van der Waals surface area contributed by atoms with Crippen molar-refractivity contribution in [2.75, 3.05) is 5.33 Å². The average Bonchev–Trinajstić information content (AvgIpc) is 2.26. The predicted octanol–water partition coefficient (Wildman–Crippen LogP) is 1.66. The van der Waals surface area contributed by atoms with Crippen LogP contribution in [0.5, 0.6) is 0 Å². The predicted molar refractivity (Wildman–Crippen MR) is 60.7 cm³/mol. The molecule has 0 fully saturated rings. The molecule has 1 rings (SSSR count). The van der Waals surface area contributed by atoms with Crippen molar-refractivity contribution in [3.05, 3.63) is 34.9 Å². The highest BCUT2D eigenvalue weighted by molar-refractivity contribution is 9.09. The molecule has 1 aromatic carbocycles. The van der Waals surface area contributed by atoms with E-state index in [1.54, 1.807) is 18.2 Å². The van der Waals surface area contributed by atoms with Crippen molar-refractivity contribution < 1.29 is 10.2 Å². The summed E-state index contributed by atoms with van der Waals surface area (Å²) in [6.45, 7) is 1.87. The minimum Gasteiger partial charge on any atom is -0.389 e. The summed E-state index contributed by atoms with van der Waals surface area (Å²) in [6.07, 6.45) is -1.93. The number of nitrogens with zero attached hydrogens (tertiary/aromatic N) is 1. The number of aryl methyl sites for hydroxylation is 1. The first-order valence-electron chi connectivity index (χ1n) is 4.53. The number of hydrogen-bond donors (Lipinski definition) is 2. The van der Waals surface area contributed by atoms with E-state index >= 15 is 0 Å². The molecule has 0 aliphatic carbocycles. The van der Waals surface area contributed by atoms with Gasteiger partial charge >= 0.3 is 0 Å². The Labute approximate surface area is 97.1 Å². The second kappa shape index (κ2) is 5.26. The van der Waals surface area contributed by atoms with Gasteiger partial charge < -0.3 is 10.2 Å². The highest BCUT2D eigenvalue weighted by Gasteiger charge is 2.19. The molecule has 4 heteroatoms. The van der Waals surface area contributed by atoms with Crippen molar-refractivity contribution in [1.29, 1.82) is 5.26 Å². The smallest absolute Gasteiger partial charge is 0.107 e. The normalized spacial score (nSPS) is 14.3. The third kappa shape index (κ3) is 2.78. The molecular weight excluding hydrogens is 258 g/mol. The molecule has 0 saturated carbocycles. The van der Waals surface area contributed by atoms with Crippen LogP contribution in [0.25, 0.3) is 0 Å². The number of halogens is 1. The second-order valence-electron chi connectivity index (χ2n) is 3.37. The minimum atomic E-state index is -1.03. The molecule has 0 heterocycles. The first-order chi connectivity index (χ1) is 7.10. The van der Waals surface area contributed by atoms with Crippen LogP contribution in [0.4, 0.5) is 0 Å². The molecule has 1 aromatic rings. The second-order valence-corrected chi connectivity index (χ2v) is 4.02. The number of benzene rings is 1. The Morgan fingerprint density at radius 1 is 1.47 bits per heavy atom. The lowest BCUT2D eigenvalue weighted by molar-refractivity contribution is 0.0341. The van der Waals surface area contributed by atoms with E-state index in [2.05, 4.69) is 15.9 Å². The van der Waals surface area contributed by atoms with E-state index < -0.39 is 12.2 Å². The van der Waals surface area contributed by atoms with Gasteiger partial charge in [0, 0.05) is 10.9 Å². The lowest BCUT2D eigenvalue weighted by atomic mass is 9.98. The van der Waals surface area contributed by atoms with E-state index in [0.717, 1.165) is 5.56 Å². The minimum absolute atomic E-state index is 0.271. The van der Waals surface area contributed by atoms with Gasteiger partial charge in [-0.2, -0.15) is 5.26 Å². The van der Waals surface area contributed by atoms with E-state index in [0.29, 0.717) is 11.1 Å². The fraction of sp³-hybridized carbons (Fsp3) is 0.364. The fourth-order valence-electron chi connectivity index (χ4n) is 1.32. The van der Waals surface area contributed by atoms with Crippen LogP contribution < -0.4 is 0 Å². The molecule has 0 aromatic heterocycles. The monoisotopic (exact) mass is 269 g/mol. The molecule has 0 aliphatic heterocycles. The summed E-state index contributed by atoms with van der Waals surface area (Å²) < 4.78 is 0. The third-order valence-electron chi connectivity index (χ3n) is 2.17. The molecule has 0 radical (unpaired) electrons. The quantitative estimate of drug-likeness (QED) is 0.821. The van der Waals surface area contributed by atoms with Gasteiger partial charge in [-0.25, -0.2) is 0 Å². The van der Waals surface area contributed by atoms with Crippen LogP contribution in [0.2, 0.25) is 0 Å². The Morgan fingerprint density at radius 2 is 2.13 bits per heavy atom. The summed E-state index contributed by atoms with van der Waals surface area (Å²) in [5.74, 6) is 0. The van der Waals surface area contributed by atoms with Gasteiger partial charge in [0.1, 0.15) is 6.10 Å². The average molecular weight is 270 g/mol. The standard InChI is InChI=1S/C11H12BrNO2/c1-7-2-3-9(8(4-7)6-13)11(15)10(14)5-12/h2-4,10-11,14-15H,5H2,1H3. The molecule has 2 unspecified atom stereocenters. The van der Waals surface area contributed by atoms with E-state index in [-0.39, 0.29) is 5.33 Å². The first kappa shape index (κ1) is 12.2. The van der Waals surface area contributed by atoms with Gasteiger partial charge in [-0.1, -0.05) is 28.1 Å². The Kier molecular flexibility index (Phi) is 4.28. The summed E-state index contributed by atoms with van der Waals surface area (Å²) in [6, 6.07) is 7.18. The third-order valence-corrected chi connectivity index (χ3v) is 2.83. The lowest BCUT2D eigenvalue weighted by Crippen LogP contribution is -2.20. The van der Waals surface area contributed by atoms with Crippen LogP contribution in [-0.2, 0) is 0 Å². The van der Waals surface area contributed by atoms with Gasteiger partial charge in [-0.3, -0.25) is 0 Å². The number of nitriles is 1. The summed E-state index contributed by atoms with van der Waals surface area (Å²) in [7, 11) is 0. The van der Waals surface area contributed by atoms with E-state index in [1.807, 2.05) is 13.0 Å². The first-order valence-corrected chi connectivity index (χ1v) is 5.65. The van der Waals surface area contributed by atoms with Gasteiger partial charge in [0.15, 0.2) is 0 Å². The van der Waals surface area contributed by atoms with Gasteiger partial charge in [0.25, 0.3) is 0 Å². The van der Waals surface area contributed by atoms with Crippen molar-refractivity contribution in [2.45, 2.75) is 19.1 Å². The topological polar surface area (TPSA) is 64.2 Å². The summed E-state index contributed by atoms with van der Waals surface area (Å²) in [5, 5.41) is 28.4. The Balaban J connectivity index is 3.09. The van der Waals surface area contributed by atoms with Crippen molar-refractivity contribution in [1.82, 2.24) is 0 Å². The van der Waals surface area contributed by atoms with Crippen molar-refractivity contribution in [3.8, 4) is 6.07 Å². The maximum absolute atomic E-state index is 9.76. The van der Waals surface area contributed by atoms with Crippen molar-refractivity contribution in [2.24, 2.45) is 0 Å². The zero-order valence-electron chi connectivity index (χ0n) is 8.31. The van der Waals surface area contributed by atoms with Gasteiger partial charge in [-0.15, -0.1) is 0 Å². The zero-order valence-corrected chi connectivity index (χ0v) is 9.90. The summed E-state index contributed by atoms with van der Waals surface area (Å²) in [4.78, 5) is 0. The molecule has 0 amide bonds. The molecule has 3 nitrogen and oxygen atoms in total. The Hall–Kier alpha value is -0.890. The van der Waals surface area contributed by atoms with Gasteiger partial charge in [-0.05, 0) is 18.6 Å². The highest BCUT2D eigenvalue weighted by Crippen LogP contribution is 2.22. The van der Waals surface area contributed by atoms with Crippen LogP contribution in [0, 0.1) is 18.3 Å². The van der Waals surface area contributed by atoms with Crippen LogP contribution in [0.1, 0.15) is 22.8 Å². The molecule has 2 N–H and O–H groups in total. The Morgan fingerprint density at radius 3 is 2.67 bits per heavy atom. The summed E-state index contributed by atoms with van der Waals surface area (Å²) >= 11 is 3.08. The fourth-order valence-corrected chi connectivity index (χ4v) is 1.67. The molecule has 0 bridgehead atoms. The molecule has 0 aliphatic rings. The van der Waals surface area contributed by atoms with E-state index in [9.17, 15) is 10.2 Å². The zero-order chi connectivity index (χ0) is 11.4. The SMILES string of the molecule is Cc1ccc(C(O)C(O)CBr)c(C#N)c1. The van der Waals surface area contributed by atoms with Gasteiger partial charge in [0.05, 0.1) is 17.7 Å². The van der Waals surface area contributed by atoms with Crippen molar-refractivity contribution >= 4 is 15.9 Å². The molecule has 0 saturated heterocycles. The van der Waals surface area contributed by atoms with E-state index in [4.69, 9.17) is 5.26 Å². The summed E-state index contributed by atoms with van der Waals surface area (Å²) in [5.41, 5.74) is 1.83. The van der Waals surface area contributed by atoms with Crippen LogP contribution in [0.15, 0.2) is 18.2 Å². The number of hydrogen-bond acceptors (Lipinski definition) is 3. The number of aliphatic hydroxyl groups excluding tert-OH is 2. The molecule has 15 heavy (non-hydrogen) atoms. The number of alkyl halides is 1. The number of aliphatic hydroxyl groups is 2. The highest BCUT2D eigenvalue weighted by atomic mass is 79.9. The van der Waals surface area contributed by atoms with Crippen molar-refractivity contribution in [3.63, 3.8) is 0 Å². The van der Waals surface area contributed by atoms with E-state index in [1.165, 1.54) is 0 Å². The van der Waals surface area contributed by atoms with Crippen LogP contribution >= 0.6 is 15.9 Å². The number of rotatable bonds is 3. The van der Waals surface area contributed by atoms with Crippen LogP contribution in [-0.4, -0.2) is 21.6 Å². The maximum Gasteiger partial charge on any atom is 0.107 e. The lowest BCUT2D eigenvalue weighted by Gasteiger charge is -2.17. The molecule has 80 valence electrons. The van der Waals surface area contributed by atoms with Crippen LogP contribution in [0.3, 0.4) is 0 Å². The Bertz CT molecular complexity index is 387. The largest absolute Gasteiger partial charge is 0.389 e. The molecule has 0 spiro atoms. The molecule has 2 atom stereocenters. The van der Waals surface area contributed by atoms with Gasteiger partial charge in [0.2, 0.25) is 0 Å². The maximum atomic E-state index is 9.76.